The fourth-order valence-corrected chi connectivity index (χ4v) is 3.82. The number of carbonyl (C=O) groups excluding carboxylic acids is 2. The number of rotatable bonds is 21. The molecule has 0 unspecified atom stereocenters. The lowest BCUT2D eigenvalue weighted by molar-refractivity contribution is -0.149. The van der Waals surface area contributed by atoms with E-state index in [1.54, 1.807) is 0 Å². The van der Waals surface area contributed by atoms with Gasteiger partial charge in [-0.25, -0.2) is 0 Å². The van der Waals surface area contributed by atoms with E-state index in [-0.39, 0.29) is 11.8 Å². The summed E-state index contributed by atoms with van der Waals surface area (Å²) in [7, 11) is 1.40. The highest BCUT2D eigenvalue weighted by molar-refractivity contribution is 5.98. The zero-order valence-electron chi connectivity index (χ0n) is 19.2. The maximum atomic E-state index is 12.5. The van der Waals surface area contributed by atoms with E-state index in [4.69, 9.17) is 4.74 Å². The minimum absolute atomic E-state index is 0.0951. The van der Waals surface area contributed by atoms with Gasteiger partial charge in [0.15, 0.2) is 0 Å². The molecule has 0 N–H and O–H groups in total. The van der Waals surface area contributed by atoms with E-state index in [1.165, 1.54) is 90.6 Å². The van der Waals surface area contributed by atoms with Crippen molar-refractivity contribution in [3.05, 3.63) is 0 Å². The molecule has 0 amide bonds. The maximum absolute atomic E-state index is 12.5. The van der Waals surface area contributed by atoms with Crippen molar-refractivity contribution in [3.63, 3.8) is 0 Å². The molecule has 0 radical (unpaired) electrons. The highest BCUT2D eigenvalue weighted by Crippen LogP contribution is 2.18. The zero-order chi connectivity index (χ0) is 20.9. The van der Waals surface area contributed by atoms with Crippen molar-refractivity contribution in [1.29, 1.82) is 0 Å². The molecule has 0 heterocycles. The molecule has 1 atom stereocenters. The fourth-order valence-electron chi connectivity index (χ4n) is 3.82. The van der Waals surface area contributed by atoms with Crippen LogP contribution in [0.2, 0.25) is 0 Å². The van der Waals surface area contributed by atoms with Crippen molar-refractivity contribution in [1.82, 2.24) is 0 Å². The summed E-state index contributed by atoms with van der Waals surface area (Å²) in [5.74, 6) is -0.763. The van der Waals surface area contributed by atoms with Crippen molar-refractivity contribution in [2.75, 3.05) is 7.11 Å². The molecule has 166 valence electrons. The molecule has 0 bridgehead atoms. The normalized spacial score (nSPS) is 12.1. The van der Waals surface area contributed by atoms with Gasteiger partial charge in [-0.3, -0.25) is 9.59 Å². The quantitative estimate of drug-likeness (QED) is 0.113. The first-order valence-corrected chi connectivity index (χ1v) is 12.3. The van der Waals surface area contributed by atoms with E-state index in [0.717, 1.165) is 25.7 Å². The number of Topliss-reactive ketones (excluding diaryl/α,β-unsaturated/α-hetero) is 1. The van der Waals surface area contributed by atoms with Crippen LogP contribution in [0.3, 0.4) is 0 Å². The molecule has 0 aliphatic rings. The molecule has 0 aromatic carbocycles. The van der Waals surface area contributed by atoms with E-state index in [2.05, 4.69) is 13.8 Å². The van der Waals surface area contributed by atoms with Gasteiger partial charge in [-0.2, -0.15) is 0 Å². The van der Waals surface area contributed by atoms with E-state index >= 15 is 0 Å². The number of carbonyl (C=O) groups is 2. The molecule has 0 spiro atoms. The summed E-state index contributed by atoms with van der Waals surface area (Å²) in [6, 6.07) is 0. The first kappa shape index (κ1) is 27.1. The van der Waals surface area contributed by atoms with Gasteiger partial charge in [0.25, 0.3) is 0 Å². The molecule has 0 aromatic rings. The second kappa shape index (κ2) is 20.9. The van der Waals surface area contributed by atoms with Crippen LogP contribution in [0.1, 0.15) is 136 Å². The van der Waals surface area contributed by atoms with E-state index in [1.807, 2.05) is 0 Å². The molecule has 0 rings (SSSR count). The van der Waals surface area contributed by atoms with Gasteiger partial charge in [-0.1, -0.05) is 117 Å². The van der Waals surface area contributed by atoms with Crippen molar-refractivity contribution < 1.29 is 14.3 Å². The highest BCUT2D eigenvalue weighted by atomic mass is 16.5. The minimum Gasteiger partial charge on any atom is -0.468 e. The van der Waals surface area contributed by atoms with Gasteiger partial charge >= 0.3 is 5.97 Å². The second-order valence-corrected chi connectivity index (χ2v) is 8.38. The molecule has 0 fully saturated rings. The molecule has 3 nitrogen and oxygen atoms in total. The first-order valence-electron chi connectivity index (χ1n) is 12.3. The van der Waals surface area contributed by atoms with Crippen LogP contribution in [0.5, 0.6) is 0 Å². The Hall–Kier alpha value is -0.860. The summed E-state index contributed by atoms with van der Waals surface area (Å²) < 4.78 is 4.89. The van der Waals surface area contributed by atoms with Crippen LogP contribution in [0.25, 0.3) is 0 Å². The fraction of sp³-hybridized carbons (Fsp3) is 0.920. The Bertz CT molecular complexity index is 365. The topological polar surface area (TPSA) is 43.4 Å². The maximum Gasteiger partial charge on any atom is 0.316 e. The largest absolute Gasteiger partial charge is 0.468 e. The Kier molecular flexibility index (Phi) is 20.2. The third kappa shape index (κ3) is 16.1. The van der Waals surface area contributed by atoms with Crippen molar-refractivity contribution in [2.24, 2.45) is 5.92 Å². The molecular formula is C25H48O3. The van der Waals surface area contributed by atoms with Crippen molar-refractivity contribution >= 4 is 11.8 Å². The van der Waals surface area contributed by atoms with Gasteiger partial charge in [0.05, 0.1) is 7.11 Å². The number of hydrogen-bond acceptors (Lipinski definition) is 3. The molecule has 3 heteroatoms. The van der Waals surface area contributed by atoms with Crippen LogP contribution in [-0.4, -0.2) is 18.9 Å². The van der Waals surface area contributed by atoms with Crippen molar-refractivity contribution in [3.8, 4) is 0 Å². The highest BCUT2D eigenvalue weighted by Gasteiger charge is 2.26. The minimum atomic E-state index is -0.529. The standard InChI is InChI=1S/C25H48O3/c1-4-6-8-10-12-14-16-18-20-22-24(26)23(25(27)28-3)21-19-17-15-13-11-9-7-5-2/h23H,4-22H2,1-3H3/t23-/m0/s1. The number of methoxy groups -OCH3 is 1. The molecule has 0 aliphatic heterocycles. The van der Waals surface area contributed by atoms with E-state index in [0.29, 0.717) is 12.8 Å². The smallest absolute Gasteiger partial charge is 0.316 e. The van der Waals surface area contributed by atoms with Crippen LogP contribution in [-0.2, 0) is 14.3 Å². The lowest BCUT2D eigenvalue weighted by atomic mass is 9.93. The molecule has 0 aliphatic carbocycles. The second-order valence-electron chi connectivity index (χ2n) is 8.38. The number of ketones is 1. The number of hydrogen-bond donors (Lipinski definition) is 0. The molecule has 28 heavy (non-hydrogen) atoms. The molecular weight excluding hydrogens is 348 g/mol. The lowest BCUT2D eigenvalue weighted by Gasteiger charge is -2.13. The Balaban J connectivity index is 3.84. The van der Waals surface area contributed by atoms with Crippen LogP contribution in [0, 0.1) is 5.92 Å². The summed E-state index contributed by atoms with van der Waals surface area (Å²) in [6.07, 6.45) is 22.2. The summed E-state index contributed by atoms with van der Waals surface area (Å²) >= 11 is 0. The van der Waals surface area contributed by atoms with Crippen LogP contribution < -0.4 is 0 Å². The molecule has 0 saturated heterocycles. The number of esters is 1. The van der Waals surface area contributed by atoms with Crippen LogP contribution in [0.4, 0.5) is 0 Å². The Morgan fingerprint density at radius 3 is 1.43 bits per heavy atom. The van der Waals surface area contributed by atoms with Crippen LogP contribution >= 0.6 is 0 Å². The number of unbranched alkanes of at least 4 members (excludes halogenated alkanes) is 15. The van der Waals surface area contributed by atoms with Gasteiger partial charge in [0.1, 0.15) is 11.7 Å². The SMILES string of the molecule is CCCCCCCCCCCC(=O)[C@H](CCCCCCCCCC)C(=O)OC. The molecule has 0 saturated carbocycles. The monoisotopic (exact) mass is 396 g/mol. The Morgan fingerprint density at radius 1 is 0.607 bits per heavy atom. The molecule has 0 aromatic heterocycles. The summed E-state index contributed by atoms with van der Waals surface area (Å²) in [5, 5.41) is 0. The van der Waals surface area contributed by atoms with Gasteiger partial charge < -0.3 is 4.74 Å². The van der Waals surface area contributed by atoms with E-state index in [9.17, 15) is 9.59 Å². The third-order valence-corrected chi connectivity index (χ3v) is 5.75. The average Bonchev–Trinajstić information content (AvgIpc) is 2.70. The average molecular weight is 397 g/mol. The third-order valence-electron chi connectivity index (χ3n) is 5.75. The van der Waals surface area contributed by atoms with Gasteiger partial charge in [-0.15, -0.1) is 0 Å². The summed E-state index contributed by atoms with van der Waals surface area (Å²) in [4.78, 5) is 24.5. The van der Waals surface area contributed by atoms with Gasteiger partial charge in [0.2, 0.25) is 0 Å². The Morgan fingerprint density at radius 2 is 1.00 bits per heavy atom. The lowest BCUT2D eigenvalue weighted by Crippen LogP contribution is -2.25. The van der Waals surface area contributed by atoms with Gasteiger partial charge in [0, 0.05) is 6.42 Å². The number of ether oxygens (including phenoxy) is 1. The predicted octanol–water partition coefficient (Wildman–Crippen LogP) is 7.80. The predicted molar refractivity (Wildman–Crippen MR) is 120 cm³/mol. The summed E-state index contributed by atoms with van der Waals surface area (Å²) in [5.41, 5.74) is 0. The van der Waals surface area contributed by atoms with Crippen molar-refractivity contribution in [2.45, 2.75) is 136 Å². The zero-order valence-corrected chi connectivity index (χ0v) is 19.2. The van der Waals surface area contributed by atoms with Gasteiger partial charge in [-0.05, 0) is 12.8 Å². The van der Waals surface area contributed by atoms with Crippen LogP contribution in [0.15, 0.2) is 0 Å². The summed E-state index contributed by atoms with van der Waals surface area (Å²) in [6.45, 7) is 4.48. The van der Waals surface area contributed by atoms with E-state index < -0.39 is 5.92 Å². The first-order chi connectivity index (χ1) is 13.7. The Labute approximate surface area is 175 Å².